The van der Waals surface area contributed by atoms with Crippen molar-refractivity contribution in [1.82, 2.24) is 20.7 Å². The molecule has 2 aromatic heterocycles. The third kappa shape index (κ3) is 3.83. The lowest BCUT2D eigenvalue weighted by atomic mass is 10.1. The molecule has 102 valence electrons. The second kappa shape index (κ2) is 7.30. The van der Waals surface area contributed by atoms with Crippen molar-refractivity contribution in [3.05, 3.63) is 60.2 Å². The van der Waals surface area contributed by atoms with Gasteiger partial charge in [0.1, 0.15) is 5.71 Å². The fraction of sp³-hybridized carbons (Fsp3) is 0.143. The van der Waals surface area contributed by atoms with Crippen LogP contribution in [0.2, 0.25) is 0 Å². The highest BCUT2D eigenvalue weighted by atomic mass is 32.1. The molecule has 0 saturated carbocycles. The first-order valence-electron chi connectivity index (χ1n) is 6.25. The Morgan fingerprint density at radius 2 is 1.70 bits per heavy atom. The molecule has 0 unspecified atom stereocenters. The van der Waals surface area contributed by atoms with Gasteiger partial charge < -0.3 is 5.32 Å². The van der Waals surface area contributed by atoms with Crippen molar-refractivity contribution in [3.8, 4) is 0 Å². The normalized spacial score (nSPS) is 9.65. The maximum atomic E-state index is 5.10. The molecule has 0 saturated heterocycles. The summed E-state index contributed by atoms with van der Waals surface area (Å²) in [6.45, 7) is 2.71. The molecule has 2 aromatic rings. The van der Waals surface area contributed by atoms with Crippen LogP contribution in [-0.4, -0.2) is 27.3 Å². The van der Waals surface area contributed by atoms with Crippen LogP contribution in [0.4, 0.5) is 0 Å². The highest BCUT2D eigenvalue weighted by molar-refractivity contribution is 7.80. The second-order valence-electron chi connectivity index (χ2n) is 3.86. The summed E-state index contributed by atoms with van der Waals surface area (Å²) < 4.78 is 0. The van der Waals surface area contributed by atoms with Crippen molar-refractivity contribution >= 4 is 23.0 Å². The molecular weight excluding hydrogens is 270 g/mol. The molecule has 0 spiro atoms. The van der Waals surface area contributed by atoms with Gasteiger partial charge in [-0.05, 0) is 43.4 Å². The van der Waals surface area contributed by atoms with Crippen LogP contribution in [0.15, 0.2) is 53.9 Å². The minimum atomic E-state index is 0.469. The number of nitrogens with zero attached hydrogens (tertiary/aromatic N) is 3. The number of pyridine rings is 2. The predicted molar refractivity (Wildman–Crippen MR) is 83.5 cm³/mol. The Morgan fingerprint density at radius 1 is 1.10 bits per heavy atom. The number of hydrazone groups is 1. The topological polar surface area (TPSA) is 62.2 Å². The maximum Gasteiger partial charge on any atom is 0.186 e. The molecule has 2 heterocycles. The van der Waals surface area contributed by atoms with Gasteiger partial charge in [0.15, 0.2) is 5.11 Å². The van der Waals surface area contributed by atoms with E-state index in [0.717, 1.165) is 17.9 Å². The lowest BCUT2D eigenvalue weighted by Crippen LogP contribution is -2.32. The zero-order valence-electron chi connectivity index (χ0n) is 11.1. The molecule has 2 rings (SSSR count). The summed E-state index contributed by atoms with van der Waals surface area (Å²) in [5.41, 5.74) is 4.92. The largest absolute Gasteiger partial charge is 0.362 e. The molecule has 0 amide bonds. The van der Waals surface area contributed by atoms with Crippen LogP contribution in [-0.2, 0) is 0 Å². The second-order valence-corrected chi connectivity index (χ2v) is 4.27. The number of nitrogens with one attached hydrogen (secondary N) is 2. The van der Waals surface area contributed by atoms with Crippen molar-refractivity contribution in [2.75, 3.05) is 6.54 Å². The minimum Gasteiger partial charge on any atom is -0.362 e. The molecule has 0 aliphatic carbocycles. The third-order valence-corrected chi connectivity index (χ3v) is 2.66. The van der Waals surface area contributed by atoms with E-state index in [1.54, 1.807) is 12.4 Å². The molecule has 2 N–H and O–H groups in total. The van der Waals surface area contributed by atoms with Gasteiger partial charge in [0.2, 0.25) is 0 Å². The lowest BCUT2D eigenvalue weighted by Gasteiger charge is -2.08. The van der Waals surface area contributed by atoms with E-state index in [1.807, 2.05) is 43.3 Å². The van der Waals surface area contributed by atoms with E-state index < -0.39 is 0 Å². The third-order valence-electron chi connectivity index (χ3n) is 2.42. The fourth-order valence-corrected chi connectivity index (χ4v) is 1.75. The first-order chi connectivity index (χ1) is 9.81. The number of hydrogen-bond donors (Lipinski definition) is 2. The molecule has 0 aromatic carbocycles. The quantitative estimate of drug-likeness (QED) is 0.509. The molecule has 0 fully saturated rings. The smallest absolute Gasteiger partial charge is 0.186 e. The van der Waals surface area contributed by atoms with Crippen molar-refractivity contribution in [2.24, 2.45) is 5.10 Å². The van der Waals surface area contributed by atoms with Gasteiger partial charge in [-0.15, -0.1) is 0 Å². The zero-order valence-corrected chi connectivity index (χ0v) is 11.9. The standard InChI is InChI=1S/C14H15N5S/c1-2-15-14(20)19-18-13(11-7-3-5-9-16-11)12-8-4-6-10-17-12/h3-10H,2H2,1H3,(H2,15,19,20). The summed E-state index contributed by atoms with van der Waals surface area (Å²) in [5, 5.41) is 7.77. The summed E-state index contributed by atoms with van der Waals surface area (Å²) in [7, 11) is 0. The van der Waals surface area contributed by atoms with Gasteiger partial charge in [-0.1, -0.05) is 12.1 Å². The van der Waals surface area contributed by atoms with Crippen LogP contribution in [0.25, 0.3) is 0 Å². The Hall–Kier alpha value is -2.34. The zero-order chi connectivity index (χ0) is 14.2. The van der Waals surface area contributed by atoms with Gasteiger partial charge in [0.25, 0.3) is 0 Å². The van der Waals surface area contributed by atoms with E-state index >= 15 is 0 Å². The Labute approximate surface area is 123 Å². The van der Waals surface area contributed by atoms with E-state index in [9.17, 15) is 0 Å². The van der Waals surface area contributed by atoms with Crippen molar-refractivity contribution in [2.45, 2.75) is 6.92 Å². The van der Waals surface area contributed by atoms with Crippen LogP contribution in [0.5, 0.6) is 0 Å². The first-order valence-corrected chi connectivity index (χ1v) is 6.66. The fourth-order valence-electron chi connectivity index (χ4n) is 1.56. The SMILES string of the molecule is CCNC(=S)NN=C(c1ccccn1)c1ccccn1. The van der Waals surface area contributed by atoms with Gasteiger partial charge in [0.05, 0.1) is 11.4 Å². The molecule has 0 aliphatic heterocycles. The molecule has 0 bridgehead atoms. The van der Waals surface area contributed by atoms with Crippen LogP contribution in [0.1, 0.15) is 18.3 Å². The summed E-state index contributed by atoms with van der Waals surface area (Å²) in [6.07, 6.45) is 3.44. The average molecular weight is 285 g/mol. The maximum absolute atomic E-state index is 5.10. The molecule has 6 heteroatoms. The number of aromatic nitrogens is 2. The number of hydrogen-bond acceptors (Lipinski definition) is 4. The minimum absolute atomic E-state index is 0.469. The monoisotopic (exact) mass is 285 g/mol. The highest BCUT2D eigenvalue weighted by Crippen LogP contribution is 2.05. The number of rotatable bonds is 4. The van der Waals surface area contributed by atoms with Crippen LogP contribution in [0, 0.1) is 0 Å². The molecular formula is C14H15N5S. The van der Waals surface area contributed by atoms with Crippen LogP contribution >= 0.6 is 12.2 Å². The van der Waals surface area contributed by atoms with E-state index in [4.69, 9.17) is 12.2 Å². The Bertz CT molecular complexity index is 542. The Morgan fingerprint density at radius 3 is 2.15 bits per heavy atom. The molecule has 5 nitrogen and oxygen atoms in total. The van der Waals surface area contributed by atoms with Gasteiger partial charge in [0, 0.05) is 18.9 Å². The molecule has 0 atom stereocenters. The van der Waals surface area contributed by atoms with Gasteiger partial charge >= 0.3 is 0 Å². The van der Waals surface area contributed by atoms with E-state index in [1.165, 1.54) is 0 Å². The van der Waals surface area contributed by atoms with Crippen molar-refractivity contribution < 1.29 is 0 Å². The lowest BCUT2D eigenvalue weighted by molar-refractivity contribution is 0.900. The Balaban J connectivity index is 2.30. The summed E-state index contributed by atoms with van der Waals surface area (Å²) in [6, 6.07) is 11.3. The average Bonchev–Trinajstić information content (AvgIpc) is 2.50. The predicted octanol–water partition coefficient (Wildman–Crippen LogP) is 1.71. The van der Waals surface area contributed by atoms with E-state index in [-0.39, 0.29) is 0 Å². The molecule has 0 aliphatic rings. The summed E-state index contributed by atoms with van der Waals surface area (Å²) in [4.78, 5) is 8.61. The van der Waals surface area contributed by atoms with Crippen LogP contribution < -0.4 is 10.7 Å². The molecule has 20 heavy (non-hydrogen) atoms. The molecule has 0 radical (unpaired) electrons. The summed E-state index contributed by atoms with van der Waals surface area (Å²) >= 11 is 5.10. The van der Waals surface area contributed by atoms with Gasteiger partial charge in [-0.2, -0.15) is 5.10 Å². The van der Waals surface area contributed by atoms with E-state index in [0.29, 0.717) is 10.8 Å². The van der Waals surface area contributed by atoms with Crippen molar-refractivity contribution in [3.63, 3.8) is 0 Å². The van der Waals surface area contributed by atoms with Gasteiger partial charge in [-0.25, -0.2) is 0 Å². The Kier molecular flexibility index (Phi) is 5.14. The van der Waals surface area contributed by atoms with Crippen LogP contribution in [0.3, 0.4) is 0 Å². The van der Waals surface area contributed by atoms with Gasteiger partial charge in [-0.3, -0.25) is 15.4 Å². The van der Waals surface area contributed by atoms with Crippen molar-refractivity contribution in [1.29, 1.82) is 0 Å². The van der Waals surface area contributed by atoms with E-state index in [2.05, 4.69) is 25.8 Å². The summed E-state index contributed by atoms with van der Waals surface area (Å²) in [5.74, 6) is 0. The number of thiocarbonyl (C=S) groups is 1. The highest BCUT2D eigenvalue weighted by Gasteiger charge is 2.09. The first kappa shape index (κ1) is 14.1.